The summed E-state index contributed by atoms with van der Waals surface area (Å²) in [6.45, 7) is 2.70. The van der Waals surface area contributed by atoms with E-state index in [0.717, 1.165) is 30.5 Å². The van der Waals surface area contributed by atoms with E-state index < -0.39 is 10.8 Å². The summed E-state index contributed by atoms with van der Waals surface area (Å²) in [6, 6.07) is 1.54. The maximum Gasteiger partial charge on any atom is 0.300 e. The monoisotopic (exact) mass is 310 g/mol. The number of carbonyl (C=O) groups excluding carboxylic acids is 1. The third-order valence-electron chi connectivity index (χ3n) is 3.15. The Kier molecular flexibility index (Phi) is 5.38. The van der Waals surface area contributed by atoms with E-state index in [1.807, 2.05) is 6.92 Å². The van der Waals surface area contributed by atoms with E-state index in [9.17, 15) is 14.9 Å². The molecule has 1 saturated heterocycles. The second-order valence-electron chi connectivity index (χ2n) is 4.80. The molecule has 2 rings (SSSR count). The molecule has 2 N–H and O–H groups in total. The number of pyridine rings is 1. The van der Waals surface area contributed by atoms with Crippen molar-refractivity contribution in [2.24, 2.45) is 0 Å². The molecular weight excluding hydrogens is 292 g/mol. The topological polar surface area (TPSA) is 97.2 Å². The molecule has 8 heteroatoms. The van der Waals surface area contributed by atoms with E-state index >= 15 is 0 Å². The van der Waals surface area contributed by atoms with Crippen LogP contribution in [0, 0.1) is 10.1 Å². The molecule has 0 spiro atoms. The first-order chi connectivity index (χ1) is 10.1. The summed E-state index contributed by atoms with van der Waals surface area (Å²) in [5, 5.41) is 16.9. The van der Waals surface area contributed by atoms with E-state index in [1.165, 1.54) is 6.07 Å². The zero-order valence-corrected chi connectivity index (χ0v) is 12.6. The highest BCUT2D eigenvalue weighted by Gasteiger charge is 2.25. The lowest BCUT2D eigenvalue weighted by molar-refractivity contribution is -0.385. The Morgan fingerprint density at radius 3 is 3.05 bits per heavy atom. The number of nitro groups is 1. The summed E-state index contributed by atoms with van der Waals surface area (Å²) < 4.78 is 0. The van der Waals surface area contributed by atoms with Crippen molar-refractivity contribution in [2.75, 3.05) is 23.4 Å². The Balaban J connectivity index is 2.20. The third-order valence-corrected chi connectivity index (χ3v) is 4.31. The molecule has 0 aromatic carbocycles. The number of anilines is 1. The maximum atomic E-state index is 12.3. The van der Waals surface area contributed by atoms with Gasteiger partial charge < -0.3 is 10.6 Å². The third kappa shape index (κ3) is 4.07. The lowest BCUT2D eigenvalue weighted by Crippen LogP contribution is -2.35. The molecule has 2 heterocycles. The summed E-state index contributed by atoms with van der Waals surface area (Å²) >= 11 is 1.77. The molecule has 1 aliphatic heterocycles. The quantitative estimate of drug-likeness (QED) is 0.616. The van der Waals surface area contributed by atoms with Gasteiger partial charge in [-0.25, -0.2) is 4.98 Å². The van der Waals surface area contributed by atoms with Crippen LogP contribution in [-0.2, 0) is 0 Å². The van der Waals surface area contributed by atoms with Gasteiger partial charge in [-0.2, -0.15) is 11.8 Å². The lowest BCUT2D eigenvalue weighted by atomic mass is 10.1. The second kappa shape index (κ2) is 7.26. The minimum Gasteiger partial charge on any atom is -0.370 e. The zero-order chi connectivity index (χ0) is 15.2. The molecule has 1 aromatic rings. The number of thioether (sulfide) groups is 1. The SMILES string of the molecule is CCCNc1cc(C(=O)NC2CCSC2)c([N+](=O)[O-])cn1. The maximum absolute atomic E-state index is 12.3. The van der Waals surface area contributed by atoms with E-state index in [1.54, 1.807) is 11.8 Å². The predicted molar refractivity (Wildman–Crippen MR) is 82.9 cm³/mol. The van der Waals surface area contributed by atoms with Gasteiger partial charge in [0, 0.05) is 24.4 Å². The van der Waals surface area contributed by atoms with E-state index in [2.05, 4.69) is 15.6 Å². The highest BCUT2D eigenvalue weighted by Crippen LogP contribution is 2.22. The zero-order valence-electron chi connectivity index (χ0n) is 11.8. The fraction of sp³-hybridized carbons (Fsp3) is 0.538. The molecule has 0 saturated carbocycles. The van der Waals surface area contributed by atoms with Crippen LogP contribution in [0.5, 0.6) is 0 Å². The number of carbonyl (C=O) groups is 1. The van der Waals surface area contributed by atoms with E-state index in [4.69, 9.17) is 0 Å². The lowest BCUT2D eigenvalue weighted by Gasteiger charge is -2.12. The molecule has 7 nitrogen and oxygen atoms in total. The van der Waals surface area contributed by atoms with Crippen LogP contribution in [0.15, 0.2) is 12.3 Å². The van der Waals surface area contributed by atoms with Gasteiger partial charge >= 0.3 is 0 Å². The van der Waals surface area contributed by atoms with Gasteiger partial charge in [0.25, 0.3) is 11.6 Å². The standard InChI is InChI=1S/C13H18N4O3S/c1-2-4-14-12-6-10(11(7-15-12)17(19)20)13(18)16-9-3-5-21-8-9/h6-7,9H,2-5,8H2,1H3,(H,14,15)(H,16,18). The van der Waals surface area contributed by atoms with Gasteiger partial charge in [-0.15, -0.1) is 0 Å². The first-order valence-electron chi connectivity index (χ1n) is 6.88. The Bertz CT molecular complexity index is 532. The van der Waals surface area contributed by atoms with Crippen molar-refractivity contribution in [1.82, 2.24) is 10.3 Å². The summed E-state index contributed by atoms with van der Waals surface area (Å²) in [4.78, 5) is 26.7. The van der Waals surface area contributed by atoms with Crippen molar-refractivity contribution in [3.05, 3.63) is 27.9 Å². The van der Waals surface area contributed by atoms with Gasteiger partial charge in [0.05, 0.1) is 4.92 Å². The van der Waals surface area contributed by atoms with E-state index in [-0.39, 0.29) is 17.3 Å². The normalized spacial score (nSPS) is 17.5. The first-order valence-corrected chi connectivity index (χ1v) is 8.04. The summed E-state index contributed by atoms with van der Waals surface area (Å²) in [5.74, 6) is 1.93. The van der Waals surface area contributed by atoms with Gasteiger partial charge in [-0.3, -0.25) is 14.9 Å². The number of aromatic nitrogens is 1. The number of nitrogens with one attached hydrogen (secondary N) is 2. The summed E-state index contributed by atoms with van der Waals surface area (Å²) in [5.41, 5.74) is -0.203. The van der Waals surface area contributed by atoms with E-state index in [0.29, 0.717) is 12.4 Å². The van der Waals surface area contributed by atoms with Gasteiger partial charge in [0.1, 0.15) is 17.6 Å². The fourth-order valence-corrected chi connectivity index (χ4v) is 3.19. The molecule has 0 radical (unpaired) electrons. The molecule has 0 bridgehead atoms. The van der Waals surface area contributed by atoms with Crippen LogP contribution < -0.4 is 10.6 Å². The van der Waals surface area contributed by atoms with Gasteiger partial charge in [0.15, 0.2) is 0 Å². The molecular formula is C13H18N4O3S. The van der Waals surface area contributed by atoms with Crippen LogP contribution in [0.2, 0.25) is 0 Å². The molecule has 114 valence electrons. The largest absolute Gasteiger partial charge is 0.370 e. The van der Waals surface area contributed by atoms with Crippen LogP contribution in [0.3, 0.4) is 0 Å². The Labute approximate surface area is 127 Å². The summed E-state index contributed by atoms with van der Waals surface area (Å²) in [7, 11) is 0. The highest BCUT2D eigenvalue weighted by molar-refractivity contribution is 7.99. The van der Waals surface area contributed by atoms with Gasteiger partial charge in [-0.1, -0.05) is 6.92 Å². The van der Waals surface area contributed by atoms with Crippen LogP contribution >= 0.6 is 11.8 Å². The van der Waals surface area contributed by atoms with Crippen molar-refractivity contribution in [1.29, 1.82) is 0 Å². The Morgan fingerprint density at radius 1 is 1.62 bits per heavy atom. The molecule has 0 aliphatic carbocycles. The average molecular weight is 310 g/mol. The molecule has 1 fully saturated rings. The van der Waals surface area contributed by atoms with Crippen molar-refractivity contribution in [3.8, 4) is 0 Å². The number of nitrogens with zero attached hydrogens (tertiary/aromatic N) is 2. The summed E-state index contributed by atoms with van der Waals surface area (Å²) in [6.07, 6.45) is 2.94. The second-order valence-corrected chi connectivity index (χ2v) is 5.95. The Hall–Kier alpha value is -1.83. The molecule has 1 aliphatic rings. The molecule has 1 aromatic heterocycles. The number of hydrogen-bond acceptors (Lipinski definition) is 6. The van der Waals surface area contributed by atoms with Crippen molar-refractivity contribution in [3.63, 3.8) is 0 Å². The van der Waals surface area contributed by atoms with Gasteiger partial charge in [0.2, 0.25) is 0 Å². The van der Waals surface area contributed by atoms with Crippen molar-refractivity contribution < 1.29 is 9.72 Å². The fourth-order valence-electron chi connectivity index (χ4n) is 2.04. The minimum absolute atomic E-state index is 0.0607. The minimum atomic E-state index is -0.574. The van der Waals surface area contributed by atoms with Gasteiger partial charge in [-0.05, 0) is 18.6 Å². The predicted octanol–water partition coefficient (Wildman–Crippen LogP) is 2.05. The van der Waals surface area contributed by atoms with Crippen molar-refractivity contribution >= 4 is 29.2 Å². The molecule has 1 atom stereocenters. The van der Waals surface area contributed by atoms with Crippen molar-refractivity contribution in [2.45, 2.75) is 25.8 Å². The average Bonchev–Trinajstić information content (AvgIpc) is 2.97. The number of rotatable bonds is 6. The number of hydrogen-bond donors (Lipinski definition) is 2. The first kappa shape index (κ1) is 15.6. The molecule has 21 heavy (non-hydrogen) atoms. The molecule has 1 amide bonds. The smallest absolute Gasteiger partial charge is 0.300 e. The van der Waals surface area contributed by atoms with Crippen LogP contribution in [0.25, 0.3) is 0 Å². The van der Waals surface area contributed by atoms with Crippen LogP contribution in [0.4, 0.5) is 11.5 Å². The number of amides is 1. The van der Waals surface area contributed by atoms with Crippen LogP contribution in [0.1, 0.15) is 30.1 Å². The molecule has 1 unspecified atom stereocenters. The highest BCUT2D eigenvalue weighted by atomic mass is 32.2. The Morgan fingerprint density at radius 2 is 2.43 bits per heavy atom. The van der Waals surface area contributed by atoms with Crippen LogP contribution in [-0.4, -0.2) is 39.9 Å².